The zero-order valence-electron chi connectivity index (χ0n) is 26.9. The molecule has 0 aliphatic heterocycles. The topological polar surface area (TPSA) is 157 Å². The van der Waals surface area contributed by atoms with Crippen LogP contribution in [0.2, 0.25) is 0 Å². The molecule has 246 valence electrons. The first-order chi connectivity index (χ1) is 22.5. The van der Waals surface area contributed by atoms with Gasteiger partial charge in [-0.3, -0.25) is 14.8 Å². The number of benzene rings is 2. The van der Waals surface area contributed by atoms with Gasteiger partial charge >= 0.3 is 6.03 Å². The number of nitrogens with zero attached hydrogens (tertiary/aromatic N) is 3. The van der Waals surface area contributed by atoms with Crippen LogP contribution in [0.5, 0.6) is 5.75 Å². The lowest BCUT2D eigenvalue weighted by Gasteiger charge is -2.34. The minimum atomic E-state index is -3.97. The number of fused-ring (bicyclic) bond motifs is 3. The number of nitrogens with one attached hydrogen (secondary N) is 2. The number of amides is 3. The van der Waals surface area contributed by atoms with Crippen LogP contribution < -0.4 is 20.5 Å². The smallest absolute Gasteiger partial charge is 0.315 e. The summed E-state index contributed by atoms with van der Waals surface area (Å²) in [6.07, 6.45) is 7.03. The number of methoxy groups -OCH3 is 1. The molecule has 2 aromatic carbocycles. The van der Waals surface area contributed by atoms with Crippen molar-refractivity contribution in [2.45, 2.75) is 69.0 Å². The summed E-state index contributed by atoms with van der Waals surface area (Å²) in [5.74, 6) is 0.639. The van der Waals surface area contributed by atoms with Crippen molar-refractivity contribution in [2.75, 3.05) is 13.7 Å². The number of urea groups is 1. The molecule has 0 bridgehead atoms. The molecule has 2 heterocycles. The largest absolute Gasteiger partial charge is 0.497 e. The molecule has 0 saturated heterocycles. The molecule has 1 saturated carbocycles. The van der Waals surface area contributed by atoms with Crippen molar-refractivity contribution in [1.82, 2.24) is 24.9 Å². The van der Waals surface area contributed by atoms with E-state index in [1.54, 1.807) is 42.6 Å². The number of ether oxygens (including phenoxy) is 1. The van der Waals surface area contributed by atoms with Gasteiger partial charge in [-0.25, -0.2) is 17.9 Å². The number of aromatic nitrogens is 2. The highest BCUT2D eigenvalue weighted by Crippen LogP contribution is 2.50. The maximum absolute atomic E-state index is 14.0. The fourth-order valence-electron chi connectivity index (χ4n) is 6.45. The van der Waals surface area contributed by atoms with E-state index in [9.17, 15) is 18.0 Å². The highest BCUT2D eigenvalue weighted by molar-refractivity contribution is 7.89. The van der Waals surface area contributed by atoms with Crippen LogP contribution in [0.1, 0.15) is 96.8 Å². The average molecular weight is 657 g/mol. The lowest BCUT2D eigenvalue weighted by Crippen LogP contribution is -2.40. The maximum atomic E-state index is 14.0. The van der Waals surface area contributed by atoms with Crippen molar-refractivity contribution in [3.8, 4) is 5.75 Å². The lowest BCUT2D eigenvalue weighted by atomic mass is 9.96. The van der Waals surface area contributed by atoms with Gasteiger partial charge in [0.2, 0.25) is 10.0 Å². The van der Waals surface area contributed by atoms with Crippen LogP contribution in [0.15, 0.2) is 72.0 Å². The maximum Gasteiger partial charge on any atom is 0.315 e. The zero-order valence-corrected chi connectivity index (χ0v) is 27.8. The summed E-state index contributed by atoms with van der Waals surface area (Å²) in [5.41, 5.74) is 9.45. The van der Waals surface area contributed by atoms with E-state index in [1.165, 1.54) is 6.20 Å². The zero-order chi connectivity index (χ0) is 33.5. The quantitative estimate of drug-likeness (QED) is 0.192. The van der Waals surface area contributed by atoms with Gasteiger partial charge in [0.15, 0.2) is 0 Å². The number of carbonyl (C=O) groups is 2. The number of pyridine rings is 2. The molecule has 11 nitrogen and oxygen atoms in total. The fourth-order valence-corrected chi connectivity index (χ4v) is 7.90. The molecular weight excluding hydrogens is 616 g/mol. The molecule has 0 unspecified atom stereocenters. The van der Waals surface area contributed by atoms with Gasteiger partial charge in [-0.05, 0) is 85.2 Å². The summed E-state index contributed by atoms with van der Waals surface area (Å²) < 4.78 is 36.1. The molecule has 47 heavy (non-hydrogen) atoms. The number of nitrogens with two attached hydrogens (primary N) is 1. The first-order valence-electron chi connectivity index (χ1n) is 15.9. The predicted molar refractivity (Wildman–Crippen MR) is 178 cm³/mol. The number of carbonyl (C=O) groups excluding carboxylic acids is 2. The minimum absolute atomic E-state index is 0.0901. The van der Waals surface area contributed by atoms with Crippen LogP contribution in [0.3, 0.4) is 0 Å². The Morgan fingerprint density at radius 3 is 2.51 bits per heavy atom. The predicted octanol–water partition coefficient (Wildman–Crippen LogP) is 5.51. The van der Waals surface area contributed by atoms with Crippen LogP contribution in [0, 0.1) is 5.92 Å². The Morgan fingerprint density at radius 2 is 1.85 bits per heavy atom. The second-order valence-corrected chi connectivity index (χ2v) is 14.5. The van der Waals surface area contributed by atoms with E-state index in [4.69, 9.17) is 15.5 Å². The average Bonchev–Trinajstić information content (AvgIpc) is 3.86. The number of hydrogen-bond donors (Lipinski definition) is 3. The summed E-state index contributed by atoms with van der Waals surface area (Å²) in [7, 11) is -2.39. The molecule has 0 spiro atoms. The second kappa shape index (κ2) is 12.9. The number of hydrogen-bond acceptors (Lipinski definition) is 7. The molecule has 2 aromatic heterocycles. The van der Waals surface area contributed by atoms with Crippen LogP contribution >= 0.6 is 0 Å². The molecule has 2 aliphatic carbocycles. The van der Waals surface area contributed by atoms with Crippen LogP contribution in [0.25, 0.3) is 10.8 Å². The highest BCUT2D eigenvalue weighted by Gasteiger charge is 2.42. The van der Waals surface area contributed by atoms with Crippen LogP contribution in [0.4, 0.5) is 4.79 Å². The molecule has 1 fully saturated rings. The SMILES string of the molecule is COc1cccc([C@@H](C)N(C(N)=O)[C@H]2C[C@H](NC(=O)c3cccnc3)c3cc(S(=O)(=O)NCC(C)C)c4cc(C5CC5)ncc4c32)c1. The molecule has 2 aliphatic rings. The highest BCUT2D eigenvalue weighted by atomic mass is 32.2. The Morgan fingerprint density at radius 1 is 1.06 bits per heavy atom. The van der Waals surface area contributed by atoms with Crippen molar-refractivity contribution in [3.63, 3.8) is 0 Å². The minimum Gasteiger partial charge on any atom is -0.497 e. The van der Waals surface area contributed by atoms with E-state index in [1.807, 2.05) is 51.1 Å². The normalized spacial score (nSPS) is 18.1. The van der Waals surface area contributed by atoms with Gasteiger partial charge in [-0.2, -0.15) is 0 Å². The Bertz CT molecular complexity index is 1930. The summed E-state index contributed by atoms with van der Waals surface area (Å²) in [5, 5.41) is 4.22. The second-order valence-electron chi connectivity index (χ2n) is 12.8. The van der Waals surface area contributed by atoms with Gasteiger partial charge in [0.1, 0.15) is 5.75 Å². The Labute approximate surface area is 275 Å². The number of rotatable bonds is 11. The van der Waals surface area contributed by atoms with E-state index in [2.05, 4.69) is 15.0 Å². The summed E-state index contributed by atoms with van der Waals surface area (Å²) in [6.45, 7) is 6.03. The van der Waals surface area contributed by atoms with Gasteiger partial charge < -0.3 is 20.7 Å². The van der Waals surface area contributed by atoms with E-state index < -0.39 is 34.2 Å². The molecule has 3 atom stereocenters. The third-order valence-corrected chi connectivity index (χ3v) is 10.5. The first-order valence-corrected chi connectivity index (χ1v) is 17.4. The van der Waals surface area contributed by atoms with Crippen LogP contribution in [-0.2, 0) is 10.0 Å². The standard InChI is InChI=1S/C35H40N6O5S/c1-20(2)17-39-47(44,45)32-15-27-30(40-34(42)24-8-6-12-37-18-24)16-31(33(27)28-19-38-29(14-26(28)32)22-10-11-22)41(35(36)43)21(3)23-7-5-9-25(13-23)46-4/h5-9,12-15,18-22,30-31,39H,10-11,16-17H2,1-4H3,(H2,36,43)(H,40,42)/t21-,30+,31+/m1/s1. The molecule has 4 aromatic rings. The van der Waals surface area contributed by atoms with E-state index in [0.717, 1.165) is 24.1 Å². The van der Waals surface area contributed by atoms with E-state index >= 15 is 0 Å². The molecule has 12 heteroatoms. The Balaban J connectivity index is 1.55. The van der Waals surface area contributed by atoms with E-state index in [-0.39, 0.29) is 35.6 Å². The molecule has 0 radical (unpaired) electrons. The van der Waals surface area contributed by atoms with E-state index in [0.29, 0.717) is 33.2 Å². The van der Waals surface area contributed by atoms with Crippen molar-refractivity contribution >= 4 is 32.7 Å². The number of primary amides is 1. The van der Waals surface area contributed by atoms with Crippen molar-refractivity contribution in [2.24, 2.45) is 11.7 Å². The summed E-state index contributed by atoms with van der Waals surface area (Å²) >= 11 is 0. The molecule has 6 rings (SSSR count). The van der Waals surface area contributed by atoms with Gasteiger partial charge in [0.05, 0.1) is 35.7 Å². The van der Waals surface area contributed by atoms with Crippen molar-refractivity contribution in [1.29, 1.82) is 0 Å². The van der Waals surface area contributed by atoms with Gasteiger partial charge in [0, 0.05) is 47.5 Å². The molecule has 4 N–H and O–H groups in total. The van der Waals surface area contributed by atoms with Gasteiger partial charge in [-0.15, -0.1) is 0 Å². The monoisotopic (exact) mass is 656 g/mol. The van der Waals surface area contributed by atoms with Gasteiger partial charge in [0.25, 0.3) is 5.91 Å². The summed E-state index contributed by atoms with van der Waals surface area (Å²) in [6, 6.07) is 11.9. The summed E-state index contributed by atoms with van der Waals surface area (Å²) in [4.78, 5) is 37.4. The Hall–Kier alpha value is -4.55. The molecular formula is C35H40N6O5S. The van der Waals surface area contributed by atoms with Crippen molar-refractivity contribution in [3.05, 3.63) is 95.1 Å². The lowest BCUT2D eigenvalue weighted by molar-refractivity contribution is 0.0929. The number of sulfonamides is 1. The van der Waals surface area contributed by atoms with Gasteiger partial charge in [-0.1, -0.05) is 26.0 Å². The first kappa shape index (κ1) is 32.4. The fraction of sp³-hybridized carbons (Fsp3) is 0.371. The van der Waals surface area contributed by atoms with Crippen molar-refractivity contribution < 1.29 is 22.7 Å². The molecule has 3 amide bonds. The third-order valence-electron chi connectivity index (χ3n) is 9.03. The van der Waals surface area contributed by atoms with Crippen LogP contribution in [-0.4, -0.2) is 48.9 Å². The third kappa shape index (κ3) is 6.52. The Kier molecular flexibility index (Phi) is 8.91.